The van der Waals surface area contributed by atoms with Gasteiger partial charge in [-0.1, -0.05) is 38.5 Å². The molecule has 4 rings (SSSR count). The Balaban J connectivity index is 1.65. The molecular weight excluding hydrogens is 372 g/mol. The Hall–Kier alpha value is -2.38. The average molecular weight is 405 g/mol. The summed E-state index contributed by atoms with van der Waals surface area (Å²) >= 11 is 0. The van der Waals surface area contributed by atoms with Crippen molar-refractivity contribution in [1.29, 1.82) is 5.26 Å². The minimum absolute atomic E-state index is 0.0635. The zero-order valence-corrected chi connectivity index (χ0v) is 18.4. The number of ether oxygens (including phenoxy) is 1. The SMILES string of the molecule is COc1ccc2cc(C(=O)C3CN(C4CCC4)CCC3C(C)C)ccc2c1CC#N. The fraction of sp³-hybridized carbons (Fsp3) is 0.538. The van der Waals surface area contributed by atoms with Gasteiger partial charge in [0.2, 0.25) is 0 Å². The lowest BCUT2D eigenvalue weighted by Crippen LogP contribution is -2.51. The molecule has 0 aromatic heterocycles. The van der Waals surface area contributed by atoms with Crippen LogP contribution < -0.4 is 4.74 Å². The highest BCUT2D eigenvalue weighted by molar-refractivity contribution is 6.02. The number of fused-ring (bicyclic) bond motifs is 1. The lowest BCUT2D eigenvalue weighted by atomic mass is 9.73. The Morgan fingerprint density at radius 1 is 1.23 bits per heavy atom. The number of methoxy groups -OCH3 is 1. The van der Waals surface area contributed by atoms with Crippen LogP contribution in [0.1, 0.15) is 55.5 Å². The molecule has 2 aliphatic rings. The highest BCUT2D eigenvalue weighted by Gasteiger charge is 2.39. The quantitative estimate of drug-likeness (QED) is 0.618. The fourth-order valence-electron chi connectivity index (χ4n) is 5.35. The molecule has 1 aliphatic carbocycles. The van der Waals surface area contributed by atoms with E-state index in [-0.39, 0.29) is 11.7 Å². The highest BCUT2D eigenvalue weighted by Crippen LogP contribution is 2.37. The molecule has 0 spiro atoms. The van der Waals surface area contributed by atoms with Crippen molar-refractivity contribution in [1.82, 2.24) is 4.90 Å². The number of nitrogens with zero attached hydrogens (tertiary/aromatic N) is 2. The van der Waals surface area contributed by atoms with Crippen molar-refractivity contribution >= 4 is 16.6 Å². The third kappa shape index (κ3) is 3.84. The van der Waals surface area contributed by atoms with Gasteiger partial charge >= 0.3 is 0 Å². The number of Topliss-reactive ketones (excluding diaryl/α,β-unsaturated/α-hetero) is 1. The predicted molar refractivity (Wildman–Crippen MR) is 120 cm³/mol. The second kappa shape index (κ2) is 8.78. The number of ketones is 1. The van der Waals surface area contributed by atoms with E-state index in [1.807, 2.05) is 30.3 Å². The molecular formula is C26H32N2O2. The lowest BCUT2D eigenvalue weighted by molar-refractivity contribution is 0.0304. The van der Waals surface area contributed by atoms with E-state index in [4.69, 9.17) is 4.74 Å². The zero-order chi connectivity index (χ0) is 21.3. The van der Waals surface area contributed by atoms with Gasteiger partial charge in [0, 0.05) is 29.6 Å². The fourth-order valence-corrected chi connectivity index (χ4v) is 5.35. The van der Waals surface area contributed by atoms with E-state index in [1.54, 1.807) is 7.11 Å². The molecule has 0 radical (unpaired) electrons. The van der Waals surface area contributed by atoms with Crippen LogP contribution in [0.15, 0.2) is 30.3 Å². The number of rotatable bonds is 6. The van der Waals surface area contributed by atoms with Gasteiger partial charge < -0.3 is 4.74 Å². The molecule has 30 heavy (non-hydrogen) atoms. The van der Waals surface area contributed by atoms with Crippen molar-refractivity contribution in [2.75, 3.05) is 20.2 Å². The summed E-state index contributed by atoms with van der Waals surface area (Å²) in [6.07, 6.45) is 5.30. The number of nitriles is 1. The number of likely N-dealkylation sites (tertiary alicyclic amines) is 1. The molecule has 1 saturated heterocycles. The third-order valence-electron chi connectivity index (χ3n) is 7.33. The second-order valence-electron chi connectivity index (χ2n) is 9.26. The topological polar surface area (TPSA) is 53.3 Å². The van der Waals surface area contributed by atoms with Crippen LogP contribution in [-0.4, -0.2) is 36.9 Å². The molecule has 2 atom stereocenters. The van der Waals surface area contributed by atoms with Gasteiger partial charge in [-0.25, -0.2) is 0 Å². The summed E-state index contributed by atoms with van der Waals surface area (Å²) in [6, 6.07) is 12.8. The molecule has 4 heteroatoms. The molecule has 0 amide bonds. The second-order valence-corrected chi connectivity index (χ2v) is 9.26. The van der Waals surface area contributed by atoms with E-state index in [9.17, 15) is 10.1 Å². The summed E-state index contributed by atoms with van der Waals surface area (Å²) < 4.78 is 5.45. The first-order valence-corrected chi connectivity index (χ1v) is 11.3. The van der Waals surface area contributed by atoms with E-state index in [0.29, 0.717) is 24.3 Å². The summed E-state index contributed by atoms with van der Waals surface area (Å²) in [4.78, 5) is 16.2. The van der Waals surface area contributed by atoms with E-state index in [1.165, 1.54) is 19.3 Å². The summed E-state index contributed by atoms with van der Waals surface area (Å²) in [5.74, 6) is 2.02. The van der Waals surface area contributed by atoms with Crippen LogP contribution in [0.2, 0.25) is 0 Å². The Morgan fingerprint density at radius 3 is 2.67 bits per heavy atom. The van der Waals surface area contributed by atoms with Crippen molar-refractivity contribution in [3.05, 3.63) is 41.5 Å². The molecule has 0 bridgehead atoms. The first-order chi connectivity index (χ1) is 14.5. The van der Waals surface area contributed by atoms with Crippen molar-refractivity contribution in [2.45, 2.75) is 52.0 Å². The number of piperidine rings is 1. The number of carbonyl (C=O) groups excluding carboxylic acids is 1. The maximum absolute atomic E-state index is 13.7. The van der Waals surface area contributed by atoms with Gasteiger partial charge in [-0.05, 0) is 60.5 Å². The minimum atomic E-state index is 0.0635. The molecule has 4 nitrogen and oxygen atoms in total. The molecule has 158 valence electrons. The standard InChI is InChI=1S/C26H32N2O2/c1-17(2)21-12-14-28(20-5-4-6-20)16-24(21)26(29)19-7-9-22-18(15-19)8-10-25(30-3)23(22)11-13-27/h7-10,15,17,20-21,24H,4-6,11-12,14,16H2,1-3H3. The molecule has 1 aliphatic heterocycles. The largest absolute Gasteiger partial charge is 0.496 e. The van der Waals surface area contributed by atoms with Crippen LogP contribution in [-0.2, 0) is 6.42 Å². The number of hydrogen-bond donors (Lipinski definition) is 0. The summed E-state index contributed by atoms with van der Waals surface area (Å²) in [7, 11) is 1.63. The van der Waals surface area contributed by atoms with Crippen molar-refractivity contribution in [3.63, 3.8) is 0 Å². The van der Waals surface area contributed by atoms with E-state index in [2.05, 4.69) is 24.8 Å². The molecule has 0 N–H and O–H groups in total. The van der Waals surface area contributed by atoms with Crippen LogP contribution in [0.4, 0.5) is 0 Å². The van der Waals surface area contributed by atoms with Crippen LogP contribution in [0.25, 0.3) is 10.8 Å². The van der Waals surface area contributed by atoms with Crippen LogP contribution in [0.5, 0.6) is 5.75 Å². The van der Waals surface area contributed by atoms with Crippen molar-refractivity contribution in [2.24, 2.45) is 17.8 Å². The predicted octanol–water partition coefficient (Wildman–Crippen LogP) is 5.24. The van der Waals surface area contributed by atoms with Gasteiger partial charge in [-0.3, -0.25) is 9.69 Å². The molecule has 2 aromatic carbocycles. The first-order valence-electron chi connectivity index (χ1n) is 11.3. The summed E-state index contributed by atoms with van der Waals surface area (Å²) in [5, 5.41) is 11.2. The molecule has 2 aromatic rings. The number of benzene rings is 2. The van der Waals surface area contributed by atoms with Crippen LogP contribution >= 0.6 is 0 Å². The van der Waals surface area contributed by atoms with Crippen molar-refractivity contribution in [3.8, 4) is 11.8 Å². The summed E-state index contributed by atoms with van der Waals surface area (Å²) in [6.45, 7) is 6.54. The molecule has 2 fully saturated rings. The van der Waals surface area contributed by atoms with Crippen LogP contribution in [0.3, 0.4) is 0 Å². The molecule has 2 unspecified atom stereocenters. The maximum Gasteiger partial charge on any atom is 0.167 e. The zero-order valence-electron chi connectivity index (χ0n) is 18.4. The first kappa shape index (κ1) is 20.9. The van der Waals surface area contributed by atoms with Gasteiger partial charge in [0.05, 0.1) is 19.6 Å². The van der Waals surface area contributed by atoms with Crippen LogP contribution in [0, 0.1) is 29.1 Å². The number of carbonyl (C=O) groups is 1. The smallest absolute Gasteiger partial charge is 0.167 e. The maximum atomic E-state index is 13.7. The van der Waals surface area contributed by atoms with Gasteiger partial charge in [0.25, 0.3) is 0 Å². The van der Waals surface area contributed by atoms with Gasteiger partial charge in [-0.2, -0.15) is 5.26 Å². The molecule has 1 saturated carbocycles. The van der Waals surface area contributed by atoms with Crippen molar-refractivity contribution < 1.29 is 9.53 Å². The minimum Gasteiger partial charge on any atom is -0.496 e. The Bertz CT molecular complexity index is 971. The average Bonchev–Trinajstić information content (AvgIpc) is 2.71. The molecule has 1 heterocycles. The highest BCUT2D eigenvalue weighted by atomic mass is 16.5. The Kier molecular flexibility index (Phi) is 6.11. The normalized spacial score (nSPS) is 22.6. The van der Waals surface area contributed by atoms with E-state index in [0.717, 1.165) is 47.2 Å². The number of hydrogen-bond acceptors (Lipinski definition) is 4. The Morgan fingerprint density at radius 2 is 2.03 bits per heavy atom. The third-order valence-corrected chi connectivity index (χ3v) is 7.33. The summed E-state index contributed by atoms with van der Waals surface area (Å²) in [5.41, 5.74) is 1.69. The van der Waals surface area contributed by atoms with Gasteiger partial charge in [0.1, 0.15) is 5.75 Å². The lowest BCUT2D eigenvalue weighted by Gasteiger charge is -2.46. The Labute approximate surface area is 179 Å². The monoisotopic (exact) mass is 404 g/mol. The van der Waals surface area contributed by atoms with E-state index >= 15 is 0 Å². The van der Waals surface area contributed by atoms with E-state index < -0.39 is 0 Å². The van der Waals surface area contributed by atoms with Gasteiger partial charge in [0.15, 0.2) is 5.78 Å². The van der Waals surface area contributed by atoms with Gasteiger partial charge in [-0.15, -0.1) is 0 Å².